The standard InChI is InChI=1S/C33H33Cl2N3O3/c1-19(2)37-28(25-15-21(8-14-29(25)41-6)16-30(39)36(4)5)18-26-32(37)31(22-9-12-23(34)13-10-22)38(33(26)40)27-17-24(35)11-7-20(27)3/h7-15,17-19,31H,16H2,1-6H3. The van der Waals surface area contributed by atoms with Crippen molar-refractivity contribution in [1.82, 2.24) is 9.47 Å². The predicted molar refractivity (Wildman–Crippen MR) is 165 cm³/mol. The van der Waals surface area contributed by atoms with E-state index in [4.69, 9.17) is 27.9 Å². The van der Waals surface area contributed by atoms with Crippen molar-refractivity contribution < 1.29 is 14.3 Å². The van der Waals surface area contributed by atoms with Gasteiger partial charge in [-0.05, 0) is 79.9 Å². The van der Waals surface area contributed by atoms with Crippen LogP contribution in [0.5, 0.6) is 5.75 Å². The molecular weight excluding hydrogens is 557 g/mol. The summed E-state index contributed by atoms with van der Waals surface area (Å²) in [7, 11) is 5.12. The van der Waals surface area contributed by atoms with Crippen LogP contribution in [0.3, 0.4) is 0 Å². The van der Waals surface area contributed by atoms with Crippen LogP contribution in [0.2, 0.25) is 10.0 Å². The molecule has 1 atom stereocenters. The van der Waals surface area contributed by atoms with Gasteiger partial charge in [0.2, 0.25) is 5.91 Å². The lowest BCUT2D eigenvalue weighted by atomic mass is 10.0. The van der Waals surface area contributed by atoms with Gasteiger partial charge >= 0.3 is 0 Å². The number of likely N-dealkylation sites (N-methyl/N-ethyl adjacent to an activating group) is 1. The van der Waals surface area contributed by atoms with E-state index < -0.39 is 6.04 Å². The van der Waals surface area contributed by atoms with Gasteiger partial charge in [-0.3, -0.25) is 14.5 Å². The molecule has 41 heavy (non-hydrogen) atoms. The van der Waals surface area contributed by atoms with Gasteiger partial charge in [0.15, 0.2) is 0 Å². The van der Waals surface area contributed by atoms with Crippen LogP contribution in [-0.4, -0.2) is 42.5 Å². The van der Waals surface area contributed by atoms with Crippen molar-refractivity contribution in [2.45, 2.75) is 39.3 Å². The third kappa shape index (κ3) is 5.22. The van der Waals surface area contributed by atoms with E-state index >= 15 is 0 Å². The first-order valence-corrected chi connectivity index (χ1v) is 14.2. The second-order valence-corrected chi connectivity index (χ2v) is 11.7. The van der Waals surface area contributed by atoms with Crippen LogP contribution >= 0.6 is 23.2 Å². The summed E-state index contributed by atoms with van der Waals surface area (Å²) in [6, 6.07) is 20.6. The van der Waals surface area contributed by atoms with Crippen molar-refractivity contribution in [3.63, 3.8) is 0 Å². The fraction of sp³-hybridized carbons (Fsp3) is 0.273. The summed E-state index contributed by atoms with van der Waals surface area (Å²) < 4.78 is 7.99. The summed E-state index contributed by atoms with van der Waals surface area (Å²) in [4.78, 5) is 30.3. The van der Waals surface area contributed by atoms with Gasteiger partial charge in [-0.25, -0.2) is 0 Å². The fourth-order valence-corrected chi connectivity index (χ4v) is 5.86. The largest absolute Gasteiger partial charge is 0.496 e. The molecule has 6 nitrogen and oxygen atoms in total. The lowest BCUT2D eigenvalue weighted by Crippen LogP contribution is -2.30. The minimum absolute atomic E-state index is 0.00775. The minimum Gasteiger partial charge on any atom is -0.496 e. The maximum absolute atomic E-state index is 14.3. The Balaban J connectivity index is 1.75. The van der Waals surface area contributed by atoms with Crippen molar-refractivity contribution in [3.05, 3.63) is 105 Å². The van der Waals surface area contributed by atoms with E-state index in [1.807, 2.05) is 78.6 Å². The van der Waals surface area contributed by atoms with Gasteiger partial charge in [0.1, 0.15) is 11.8 Å². The number of aromatic nitrogens is 1. The van der Waals surface area contributed by atoms with Crippen LogP contribution in [0.25, 0.3) is 11.3 Å². The highest BCUT2D eigenvalue weighted by Gasteiger charge is 2.44. The zero-order chi connectivity index (χ0) is 29.6. The highest BCUT2D eigenvalue weighted by atomic mass is 35.5. The normalized spacial score (nSPS) is 14.5. The molecule has 0 spiro atoms. The van der Waals surface area contributed by atoms with Gasteiger partial charge in [-0.15, -0.1) is 0 Å². The molecule has 0 bridgehead atoms. The second kappa shape index (κ2) is 11.3. The molecule has 0 fully saturated rings. The van der Waals surface area contributed by atoms with Crippen LogP contribution in [0.4, 0.5) is 5.69 Å². The summed E-state index contributed by atoms with van der Waals surface area (Å²) in [6.07, 6.45) is 0.264. The number of aryl methyl sites for hydroxylation is 1. The second-order valence-electron chi connectivity index (χ2n) is 10.9. The molecule has 5 rings (SSSR count). The summed E-state index contributed by atoms with van der Waals surface area (Å²) >= 11 is 12.7. The van der Waals surface area contributed by atoms with Crippen molar-refractivity contribution >= 4 is 40.7 Å². The number of carbonyl (C=O) groups excluding carboxylic acids is 2. The molecule has 3 aromatic carbocycles. The predicted octanol–water partition coefficient (Wildman–Crippen LogP) is 7.74. The summed E-state index contributed by atoms with van der Waals surface area (Å²) in [6.45, 7) is 6.19. The van der Waals surface area contributed by atoms with Gasteiger partial charge in [0, 0.05) is 41.4 Å². The highest BCUT2D eigenvalue weighted by molar-refractivity contribution is 6.31. The van der Waals surface area contributed by atoms with E-state index in [-0.39, 0.29) is 24.3 Å². The summed E-state index contributed by atoms with van der Waals surface area (Å²) in [5, 5.41) is 1.18. The average Bonchev–Trinajstić information content (AvgIpc) is 3.45. The molecule has 2 heterocycles. The zero-order valence-electron chi connectivity index (χ0n) is 24.0. The molecule has 1 aliphatic heterocycles. The Bertz CT molecular complexity index is 1640. The van der Waals surface area contributed by atoms with E-state index in [2.05, 4.69) is 18.4 Å². The number of methoxy groups -OCH3 is 1. The Morgan fingerprint density at radius 2 is 1.63 bits per heavy atom. The molecule has 2 amide bonds. The number of rotatable bonds is 7. The molecule has 212 valence electrons. The molecule has 8 heteroatoms. The molecule has 0 saturated heterocycles. The molecule has 1 unspecified atom stereocenters. The van der Waals surface area contributed by atoms with E-state index in [0.29, 0.717) is 21.4 Å². The Morgan fingerprint density at radius 1 is 0.951 bits per heavy atom. The smallest absolute Gasteiger partial charge is 0.261 e. The summed E-state index contributed by atoms with van der Waals surface area (Å²) in [5.41, 5.74) is 6.70. The first-order chi connectivity index (χ1) is 19.5. The maximum atomic E-state index is 14.3. The van der Waals surface area contributed by atoms with Gasteiger partial charge in [-0.2, -0.15) is 0 Å². The lowest BCUT2D eigenvalue weighted by molar-refractivity contribution is -0.127. The number of hydrogen-bond acceptors (Lipinski definition) is 3. The van der Waals surface area contributed by atoms with Crippen molar-refractivity contribution in [2.24, 2.45) is 0 Å². The number of carbonyl (C=O) groups is 2. The minimum atomic E-state index is -0.410. The molecule has 0 N–H and O–H groups in total. The number of benzene rings is 3. The maximum Gasteiger partial charge on any atom is 0.261 e. The number of amides is 2. The van der Waals surface area contributed by atoms with E-state index in [1.54, 1.807) is 26.1 Å². The Morgan fingerprint density at radius 3 is 2.27 bits per heavy atom. The fourth-order valence-electron chi connectivity index (χ4n) is 5.56. The van der Waals surface area contributed by atoms with Crippen LogP contribution in [-0.2, 0) is 11.2 Å². The van der Waals surface area contributed by atoms with Gasteiger partial charge in [-0.1, -0.05) is 47.5 Å². The Labute approximate surface area is 251 Å². The van der Waals surface area contributed by atoms with E-state index in [0.717, 1.165) is 39.3 Å². The monoisotopic (exact) mass is 589 g/mol. The number of anilines is 1. The number of ether oxygens (including phenoxy) is 1. The SMILES string of the molecule is COc1ccc(CC(=O)N(C)C)cc1-c1cc2c(n1C(C)C)C(c1ccc(Cl)cc1)N(c1cc(Cl)ccc1C)C2=O. The Kier molecular flexibility index (Phi) is 7.91. The molecule has 0 radical (unpaired) electrons. The number of nitrogens with zero attached hydrogens (tertiary/aromatic N) is 3. The average molecular weight is 591 g/mol. The van der Waals surface area contributed by atoms with Crippen LogP contribution < -0.4 is 9.64 Å². The van der Waals surface area contributed by atoms with E-state index in [9.17, 15) is 9.59 Å². The third-order valence-corrected chi connectivity index (χ3v) is 8.06. The zero-order valence-corrected chi connectivity index (χ0v) is 25.5. The quantitative estimate of drug-likeness (QED) is 0.221. The molecule has 0 aliphatic carbocycles. The molecular formula is C33H33Cl2N3O3. The molecule has 1 aliphatic rings. The van der Waals surface area contributed by atoms with Crippen molar-refractivity contribution in [1.29, 1.82) is 0 Å². The van der Waals surface area contributed by atoms with E-state index in [1.165, 1.54) is 0 Å². The third-order valence-electron chi connectivity index (χ3n) is 7.57. The molecule has 0 saturated carbocycles. The van der Waals surface area contributed by atoms with Crippen molar-refractivity contribution in [3.8, 4) is 17.0 Å². The topological polar surface area (TPSA) is 54.8 Å². The first kappa shape index (κ1) is 28.8. The van der Waals surface area contributed by atoms with Gasteiger partial charge < -0.3 is 14.2 Å². The highest BCUT2D eigenvalue weighted by Crippen LogP contribution is 2.48. The van der Waals surface area contributed by atoms with Gasteiger partial charge in [0.25, 0.3) is 5.91 Å². The summed E-state index contributed by atoms with van der Waals surface area (Å²) in [5.74, 6) is 0.569. The molecule has 1 aromatic heterocycles. The first-order valence-electron chi connectivity index (χ1n) is 13.5. The van der Waals surface area contributed by atoms with Crippen LogP contribution in [0, 0.1) is 6.92 Å². The number of fused-ring (bicyclic) bond motifs is 1. The Hall–Kier alpha value is -3.74. The van der Waals surface area contributed by atoms with Crippen molar-refractivity contribution in [2.75, 3.05) is 26.1 Å². The lowest BCUT2D eigenvalue weighted by Gasteiger charge is -2.30. The van der Waals surface area contributed by atoms with Gasteiger partial charge in [0.05, 0.1) is 30.5 Å². The van der Waals surface area contributed by atoms with Crippen LogP contribution in [0.1, 0.15) is 58.7 Å². The van der Waals surface area contributed by atoms with Crippen LogP contribution in [0.15, 0.2) is 66.7 Å². The molecule has 4 aromatic rings. The number of halogens is 2. The number of hydrogen-bond donors (Lipinski definition) is 0.